The number of nitrogens with one attached hydrogen (secondary N) is 1. The Hall–Kier alpha value is -0.790. The van der Waals surface area contributed by atoms with Crippen LogP contribution in [0.15, 0.2) is 12.7 Å². The molecule has 0 aliphatic heterocycles. The molecule has 0 radical (unpaired) electrons. The van der Waals surface area contributed by atoms with Gasteiger partial charge in [0, 0.05) is 6.04 Å². The van der Waals surface area contributed by atoms with Gasteiger partial charge in [-0.3, -0.25) is 4.79 Å². The molecule has 0 bridgehead atoms. The molecule has 1 amide bonds. The fraction of sp³-hybridized carbons (Fsp3) is 0.667. The van der Waals surface area contributed by atoms with Crippen LogP contribution in [0.2, 0.25) is 0 Å². The summed E-state index contributed by atoms with van der Waals surface area (Å²) in [6, 6.07) is 0.422. The van der Waals surface area contributed by atoms with Crippen LogP contribution in [-0.2, 0) is 4.79 Å². The Morgan fingerprint density at radius 3 is 2.82 bits per heavy atom. The highest BCUT2D eigenvalue weighted by Gasteiger charge is 2.27. The van der Waals surface area contributed by atoms with Crippen molar-refractivity contribution >= 4 is 5.91 Å². The first kappa shape index (κ1) is 8.31. The van der Waals surface area contributed by atoms with Gasteiger partial charge in [-0.2, -0.15) is 0 Å². The molecule has 62 valence electrons. The van der Waals surface area contributed by atoms with E-state index in [4.69, 9.17) is 0 Å². The molecule has 0 saturated heterocycles. The topological polar surface area (TPSA) is 29.1 Å². The molecule has 0 aromatic heterocycles. The Labute approximate surface area is 67.7 Å². The van der Waals surface area contributed by atoms with Gasteiger partial charge in [0.15, 0.2) is 0 Å². The second-order valence-corrected chi connectivity index (χ2v) is 3.16. The van der Waals surface area contributed by atoms with Gasteiger partial charge in [0.05, 0.1) is 0 Å². The van der Waals surface area contributed by atoms with Gasteiger partial charge < -0.3 is 5.32 Å². The summed E-state index contributed by atoms with van der Waals surface area (Å²) < 4.78 is 0. The van der Waals surface area contributed by atoms with Gasteiger partial charge >= 0.3 is 0 Å². The summed E-state index contributed by atoms with van der Waals surface area (Å²) in [7, 11) is 0. The van der Waals surface area contributed by atoms with Crippen LogP contribution < -0.4 is 5.32 Å². The van der Waals surface area contributed by atoms with E-state index in [-0.39, 0.29) is 5.91 Å². The Kier molecular flexibility index (Phi) is 2.69. The smallest absolute Gasteiger partial charge is 0.243 e. The summed E-state index contributed by atoms with van der Waals surface area (Å²) in [6.45, 7) is 5.59. The third-order valence-corrected chi connectivity index (χ3v) is 2.34. The SMILES string of the molecule is C=CC(=O)N[C@H]1C[C@@H](CC)C1. The van der Waals surface area contributed by atoms with Crippen molar-refractivity contribution in [2.45, 2.75) is 32.2 Å². The second kappa shape index (κ2) is 3.56. The fourth-order valence-electron chi connectivity index (χ4n) is 1.45. The molecule has 1 aliphatic rings. The van der Waals surface area contributed by atoms with Gasteiger partial charge in [-0.25, -0.2) is 0 Å². The molecule has 1 fully saturated rings. The molecule has 0 spiro atoms. The molecule has 1 N–H and O–H groups in total. The molecule has 1 saturated carbocycles. The molecule has 0 aromatic rings. The first-order valence-corrected chi connectivity index (χ1v) is 4.19. The van der Waals surface area contributed by atoms with E-state index in [1.54, 1.807) is 0 Å². The monoisotopic (exact) mass is 153 g/mol. The average Bonchev–Trinajstić information content (AvgIpc) is 1.95. The molecule has 0 unspecified atom stereocenters. The quantitative estimate of drug-likeness (QED) is 0.611. The normalized spacial score (nSPS) is 28.8. The van der Waals surface area contributed by atoms with E-state index in [2.05, 4.69) is 18.8 Å². The Morgan fingerprint density at radius 2 is 2.36 bits per heavy atom. The second-order valence-electron chi connectivity index (χ2n) is 3.16. The predicted molar refractivity (Wildman–Crippen MR) is 45.1 cm³/mol. The third kappa shape index (κ3) is 2.07. The highest BCUT2D eigenvalue weighted by Crippen LogP contribution is 2.29. The maximum Gasteiger partial charge on any atom is 0.243 e. The standard InChI is InChI=1S/C9H15NO/c1-3-7-5-8(6-7)10-9(11)4-2/h4,7-8H,2-3,5-6H2,1H3,(H,10,11)/t7-,8+. The summed E-state index contributed by atoms with van der Waals surface area (Å²) in [5.74, 6) is 0.801. The van der Waals surface area contributed by atoms with Crippen LogP contribution in [-0.4, -0.2) is 11.9 Å². The molecule has 1 aliphatic carbocycles. The molecule has 2 heteroatoms. The van der Waals surface area contributed by atoms with E-state index in [1.807, 2.05) is 0 Å². The van der Waals surface area contributed by atoms with Crippen LogP contribution in [0.3, 0.4) is 0 Å². The van der Waals surface area contributed by atoms with Gasteiger partial charge in [-0.15, -0.1) is 0 Å². The summed E-state index contributed by atoms with van der Waals surface area (Å²) in [4.78, 5) is 10.8. The predicted octanol–water partition coefficient (Wildman–Crippen LogP) is 1.48. The number of carbonyl (C=O) groups excluding carboxylic acids is 1. The van der Waals surface area contributed by atoms with E-state index in [0.29, 0.717) is 6.04 Å². The van der Waals surface area contributed by atoms with E-state index in [9.17, 15) is 4.79 Å². The Morgan fingerprint density at radius 1 is 1.73 bits per heavy atom. The first-order valence-electron chi connectivity index (χ1n) is 4.19. The minimum absolute atomic E-state index is 0.0375. The van der Waals surface area contributed by atoms with Crippen LogP contribution in [0, 0.1) is 5.92 Å². The van der Waals surface area contributed by atoms with Crippen molar-refractivity contribution in [3.8, 4) is 0 Å². The van der Waals surface area contributed by atoms with Gasteiger partial charge in [0.1, 0.15) is 0 Å². The summed E-state index contributed by atoms with van der Waals surface area (Å²) >= 11 is 0. The molecule has 11 heavy (non-hydrogen) atoms. The molecule has 0 heterocycles. The van der Waals surface area contributed by atoms with E-state index >= 15 is 0 Å². The van der Waals surface area contributed by atoms with Crippen LogP contribution in [0.5, 0.6) is 0 Å². The number of rotatable bonds is 3. The maximum absolute atomic E-state index is 10.8. The van der Waals surface area contributed by atoms with Crippen molar-refractivity contribution in [2.75, 3.05) is 0 Å². The molecule has 2 nitrogen and oxygen atoms in total. The van der Waals surface area contributed by atoms with Crippen LogP contribution in [0.4, 0.5) is 0 Å². The molecule has 0 atom stereocenters. The first-order chi connectivity index (χ1) is 5.26. The van der Waals surface area contributed by atoms with Gasteiger partial charge in [0.2, 0.25) is 5.91 Å². The minimum atomic E-state index is -0.0375. The lowest BCUT2D eigenvalue weighted by Gasteiger charge is -2.34. The molecular weight excluding hydrogens is 138 g/mol. The van der Waals surface area contributed by atoms with Crippen molar-refractivity contribution in [2.24, 2.45) is 5.92 Å². The van der Waals surface area contributed by atoms with Crippen LogP contribution in [0.25, 0.3) is 0 Å². The molecular formula is C9H15NO. The van der Waals surface area contributed by atoms with Crippen molar-refractivity contribution in [1.82, 2.24) is 5.32 Å². The highest BCUT2D eigenvalue weighted by molar-refractivity contribution is 5.87. The van der Waals surface area contributed by atoms with Crippen molar-refractivity contribution in [3.05, 3.63) is 12.7 Å². The lowest BCUT2D eigenvalue weighted by molar-refractivity contribution is -0.118. The Bertz CT molecular complexity index is 159. The summed E-state index contributed by atoms with van der Waals surface area (Å²) in [5, 5.41) is 2.87. The van der Waals surface area contributed by atoms with Gasteiger partial charge in [0.25, 0.3) is 0 Å². The van der Waals surface area contributed by atoms with Crippen LogP contribution >= 0.6 is 0 Å². The van der Waals surface area contributed by atoms with E-state index in [0.717, 1.165) is 18.8 Å². The Balaban J connectivity index is 2.13. The number of carbonyl (C=O) groups is 1. The number of hydrogen-bond acceptors (Lipinski definition) is 1. The maximum atomic E-state index is 10.8. The third-order valence-electron chi connectivity index (χ3n) is 2.34. The molecule has 1 rings (SSSR count). The fourth-order valence-corrected chi connectivity index (χ4v) is 1.45. The number of amides is 1. The zero-order chi connectivity index (χ0) is 8.27. The summed E-state index contributed by atoms with van der Waals surface area (Å²) in [5.41, 5.74) is 0. The van der Waals surface area contributed by atoms with E-state index < -0.39 is 0 Å². The van der Waals surface area contributed by atoms with Gasteiger partial charge in [-0.05, 0) is 24.8 Å². The summed E-state index contributed by atoms with van der Waals surface area (Å²) in [6.07, 6.45) is 4.87. The van der Waals surface area contributed by atoms with Crippen molar-refractivity contribution in [1.29, 1.82) is 0 Å². The number of hydrogen-bond donors (Lipinski definition) is 1. The highest BCUT2D eigenvalue weighted by atomic mass is 16.1. The minimum Gasteiger partial charge on any atom is -0.350 e. The lowest BCUT2D eigenvalue weighted by atomic mass is 9.79. The zero-order valence-electron chi connectivity index (χ0n) is 6.97. The zero-order valence-corrected chi connectivity index (χ0v) is 6.97. The van der Waals surface area contributed by atoms with Crippen molar-refractivity contribution in [3.63, 3.8) is 0 Å². The largest absolute Gasteiger partial charge is 0.350 e. The van der Waals surface area contributed by atoms with Crippen LogP contribution in [0.1, 0.15) is 26.2 Å². The lowest BCUT2D eigenvalue weighted by Crippen LogP contribution is -2.43. The van der Waals surface area contributed by atoms with Gasteiger partial charge in [-0.1, -0.05) is 19.9 Å². The average molecular weight is 153 g/mol. The molecule has 0 aromatic carbocycles. The van der Waals surface area contributed by atoms with E-state index in [1.165, 1.54) is 12.5 Å². The van der Waals surface area contributed by atoms with Crippen molar-refractivity contribution < 1.29 is 4.79 Å².